The third-order valence-electron chi connectivity index (χ3n) is 7.35. The van der Waals surface area contributed by atoms with Gasteiger partial charge in [0.15, 0.2) is 0 Å². The Labute approximate surface area is 203 Å². The zero-order valence-corrected chi connectivity index (χ0v) is 19.1. The Hall–Kier alpha value is -4.25. The Morgan fingerprint density at radius 3 is 1.74 bits per heavy atom. The summed E-state index contributed by atoms with van der Waals surface area (Å²) in [6, 6.07) is 26.8. The van der Waals surface area contributed by atoms with Crippen LogP contribution >= 0.6 is 0 Å². The summed E-state index contributed by atoms with van der Waals surface area (Å²) in [6.45, 7) is 0. The zero-order chi connectivity index (χ0) is 24.1. The second-order valence-electron chi connectivity index (χ2n) is 9.10. The Balaban J connectivity index is 1.45. The number of hydrogen-bond acceptors (Lipinski definition) is 4. The largest absolute Gasteiger partial charge is 0.465 e. The van der Waals surface area contributed by atoms with Crippen LogP contribution in [0.4, 0.5) is 5.69 Å². The molecule has 0 spiro atoms. The molecule has 3 aromatic rings. The summed E-state index contributed by atoms with van der Waals surface area (Å²) in [6.07, 6.45) is 4.18. The number of anilines is 1. The Morgan fingerprint density at radius 1 is 0.714 bits per heavy atom. The number of ether oxygens (including phenoxy) is 1. The maximum Gasteiger partial charge on any atom is 0.337 e. The summed E-state index contributed by atoms with van der Waals surface area (Å²) in [5, 5.41) is 0. The minimum absolute atomic E-state index is 0.148. The molecule has 3 aromatic carbocycles. The summed E-state index contributed by atoms with van der Waals surface area (Å²) in [5.41, 5.74) is 5.11. The first kappa shape index (κ1) is 21.3. The lowest BCUT2D eigenvalue weighted by atomic mass is 9.85. The van der Waals surface area contributed by atoms with Gasteiger partial charge in [-0.1, -0.05) is 78.9 Å². The van der Waals surface area contributed by atoms with E-state index in [0.29, 0.717) is 11.3 Å². The van der Waals surface area contributed by atoms with E-state index >= 15 is 0 Å². The van der Waals surface area contributed by atoms with Crippen LogP contribution in [-0.2, 0) is 14.3 Å². The van der Waals surface area contributed by atoms with Gasteiger partial charge < -0.3 is 4.74 Å². The fourth-order valence-corrected chi connectivity index (χ4v) is 5.95. The number of nitrogens with zero attached hydrogens (tertiary/aromatic N) is 1. The van der Waals surface area contributed by atoms with Crippen molar-refractivity contribution in [2.45, 2.75) is 0 Å². The summed E-state index contributed by atoms with van der Waals surface area (Å²) >= 11 is 0. The topological polar surface area (TPSA) is 63.7 Å². The van der Waals surface area contributed by atoms with E-state index in [9.17, 15) is 14.4 Å². The molecule has 2 aliphatic carbocycles. The van der Waals surface area contributed by atoms with Crippen LogP contribution in [0.1, 0.15) is 21.5 Å². The van der Waals surface area contributed by atoms with Gasteiger partial charge in [0.1, 0.15) is 0 Å². The normalized spacial score (nSPS) is 24.1. The van der Waals surface area contributed by atoms with Crippen LogP contribution in [0.3, 0.4) is 0 Å². The average Bonchev–Trinajstić information content (AvgIpc) is 3.54. The third-order valence-corrected chi connectivity index (χ3v) is 7.35. The van der Waals surface area contributed by atoms with Crippen molar-refractivity contribution >= 4 is 29.0 Å². The zero-order valence-electron chi connectivity index (χ0n) is 19.1. The first-order chi connectivity index (χ1) is 17.1. The van der Waals surface area contributed by atoms with E-state index in [2.05, 4.69) is 36.4 Å². The average molecular weight is 462 g/mol. The highest BCUT2D eigenvalue weighted by atomic mass is 16.5. The van der Waals surface area contributed by atoms with Crippen molar-refractivity contribution in [3.8, 4) is 0 Å². The monoisotopic (exact) mass is 461 g/mol. The van der Waals surface area contributed by atoms with E-state index in [1.54, 1.807) is 24.3 Å². The number of methoxy groups -OCH3 is 1. The van der Waals surface area contributed by atoms with Gasteiger partial charge in [-0.15, -0.1) is 0 Å². The van der Waals surface area contributed by atoms with Gasteiger partial charge >= 0.3 is 5.97 Å². The van der Waals surface area contributed by atoms with Gasteiger partial charge in [0.05, 0.1) is 30.2 Å². The molecule has 6 rings (SSSR count). The molecule has 0 aromatic heterocycles. The van der Waals surface area contributed by atoms with Crippen molar-refractivity contribution in [3.05, 3.63) is 119 Å². The van der Waals surface area contributed by atoms with Crippen LogP contribution in [0.25, 0.3) is 5.57 Å². The molecule has 5 nitrogen and oxygen atoms in total. The quantitative estimate of drug-likeness (QED) is 0.315. The molecule has 0 unspecified atom stereocenters. The second-order valence-corrected chi connectivity index (χ2v) is 9.10. The van der Waals surface area contributed by atoms with E-state index in [1.165, 1.54) is 12.0 Å². The van der Waals surface area contributed by atoms with Crippen molar-refractivity contribution in [2.75, 3.05) is 12.0 Å². The Morgan fingerprint density at radius 2 is 1.23 bits per heavy atom. The highest BCUT2D eigenvalue weighted by Crippen LogP contribution is 2.58. The molecule has 2 amide bonds. The maximum absolute atomic E-state index is 13.7. The second kappa shape index (κ2) is 8.20. The minimum Gasteiger partial charge on any atom is -0.465 e. The van der Waals surface area contributed by atoms with Gasteiger partial charge in [-0.25, -0.2) is 9.69 Å². The van der Waals surface area contributed by atoms with Crippen molar-refractivity contribution < 1.29 is 19.1 Å². The van der Waals surface area contributed by atoms with Crippen LogP contribution in [0, 0.1) is 23.7 Å². The van der Waals surface area contributed by atoms with Crippen LogP contribution in [0.15, 0.2) is 103 Å². The molecule has 35 heavy (non-hydrogen) atoms. The molecule has 1 saturated heterocycles. The van der Waals surface area contributed by atoms with Crippen LogP contribution in [0.5, 0.6) is 0 Å². The van der Waals surface area contributed by atoms with Crippen molar-refractivity contribution in [1.29, 1.82) is 0 Å². The van der Waals surface area contributed by atoms with E-state index < -0.39 is 17.8 Å². The van der Waals surface area contributed by atoms with Gasteiger partial charge in [0, 0.05) is 11.8 Å². The molecular formula is C30H23NO4. The standard InChI is InChI=1S/C30H23NO4/c1-35-30(34)20-13-8-14-21(17-20)31-28(32)26-22-15-16-23(27(26)29(31)33)25(22)24(18-9-4-2-5-10-18)19-11-6-3-7-12-19/h2-17,22-23,26-27H,1H3/t22-,23-,26-,27+/m1/s1. The maximum atomic E-state index is 13.7. The van der Waals surface area contributed by atoms with Crippen LogP contribution < -0.4 is 4.90 Å². The Bertz CT molecular complexity index is 1330. The fourth-order valence-electron chi connectivity index (χ4n) is 5.95. The molecule has 1 aliphatic heterocycles. The van der Waals surface area contributed by atoms with E-state index in [1.807, 2.05) is 36.4 Å². The highest BCUT2D eigenvalue weighted by Gasteiger charge is 2.62. The first-order valence-corrected chi connectivity index (χ1v) is 11.7. The predicted octanol–water partition coefficient (Wildman–Crippen LogP) is 4.90. The predicted molar refractivity (Wildman–Crippen MR) is 132 cm³/mol. The van der Waals surface area contributed by atoms with Gasteiger partial charge in [0.25, 0.3) is 0 Å². The first-order valence-electron chi connectivity index (χ1n) is 11.7. The lowest BCUT2D eigenvalue weighted by Gasteiger charge is -2.22. The van der Waals surface area contributed by atoms with E-state index in [4.69, 9.17) is 4.74 Å². The minimum atomic E-state index is -0.506. The molecule has 1 heterocycles. The SMILES string of the molecule is COC(=O)c1cccc(N2C(=O)[C@@H]3[C@H](C2=O)[C@@H]2C=C[C@@H]3C2=C(c2ccccc2)c2ccccc2)c1. The number of fused-ring (bicyclic) bond motifs is 5. The van der Waals surface area contributed by atoms with Gasteiger partial charge in [0.2, 0.25) is 11.8 Å². The fraction of sp³-hybridized carbons (Fsp3) is 0.167. The molecular weight excluding hydrogens is 438 g/mol. The number of allylic oxidation sites excluding steroid dienone is 3. The van der Waals surface area contributed by atoms with Crippen molar-refractivity contribution in [3.63, 3.8) is 0 Å². The molecule has 4 atom stereocenters. The summed E-state index contributed by atoms with van der Waals surface area (Å²) < 4.78 is 4.81. The molecule has 3 aliphatic rings. The van der Waals surface area contributed by atoms with Crippen LogP contribution in [0.2, 0.25) is 0 Å². The van der Waals surface area contributed by atoms with Crippen molar-refractivity contribution in [1.82, 2.24) is 0 Å². The molecule has 5 heteroatoms. The molecule has 2 bridgehead atoms. The number of hydrogen-bond donors (Lipinski definition) is 0. The number of imide groups is 1. The van der Waals surface area contributed by atoms with Gasteiger partial charge in [-0.2, -0.15) is 0 Å². The number of amides is 2. The summed E-state index contributed by atoms with van der Waals surface area (Å²) in [5.74, 6) is -2.12. The number of rotatable bonds is 4. The molecule has 0 radical (unpaired) electrons. The summed E-state index contributed by atoms with van der Waals surface area (Å²) in [4.78, 5) is 40.7. The Kier molecular flexibility index (Phi) is 4.99. The molecule has 0 N–H and O–H groups in total. The smallest absolute Gasteiger partial charge is 0.337 e. The van der Waals surface area contributed by atoms with Crippen LogP contribution in [-0.4, -0.2) is 24.9 Å². The lowest BCUT2D eigenvalue weighted by molar-refractivity contribution is -0.122. The van der Waals surface area contributed by atoms with Gasteiger partial charge in [-0.3, -0.25) is 9.59 Å². The lowest BCUT2D eigenvalue weighted by Crippen LogP contribution is -2.33. The molecule has 1 saturated carbocycles. The number of carbonyl (C=O) groups is 3. The summed E-state index contributed by atoms with van der Waals surface area (Å²) in [7, 11) is 1.31. The molecule has 172 valence electrons. The number of esters is 1. The van der Waals surface area contributed by atoms with E-state index in [0.717, 1.165) is 22.3 Å². The number of carbonyl (C=O) groups excluding carboxylic acids is 3. The van der Waals surface area contributed by atoms with Crippen molar-refractivity contribution in [2.24, 2.45) is 23.7 Å². The van der Waals surface area contributed by atoms with E-state index in [-0.39, 0.29) is 23.7 Å². The third kappa shape index (κ3) is 3.19. The number of benzene rings is 3. The highest BCUT2D eigenvalue weighted by molar-refractivity contribution is 6.23. The van der Waals surface area contributed by atoms with Gasteiger partial charge in [-0.05, 0) is 40.5 Å². The molecule has 2 fully saturated rings.